The number of hydrogen-bond donors (Lipinski definition) is 1. The summed E-state index contributed by atoms with van der Waals surface area (Å²) in [7, 11) is 0. The van der Waals surface area contributed by atoms with E-state index in [-0.39, 0.29) is 6.10 Å². The minimum atomic E-state index is 0.265. The normalized spacial score (nSPS) is 14.6. The fraction of sp³-hybridized carbons (Fsp3) is 0.667. The van der Waals surface area contributed by atoms with E-state index in [4.69, 9.17) is 4.74 Å². The van der Waals surface area contributed by atoms with Crippen LogP contribution in [-0.2, 0) is 11.2 Å². The molecule has 1 N–H and O–H groups in total. The van der Waals surface area contributed by atoms with Gasteiger partial charge in [-0.15, -0.1) is 0 Å². The quantitative estimate of drug-likeness (QED) is 0.778. The Morgan fingerprint density at radius 2 is 1.65 bits per heavy atom. The lowest BCUT2D eigenvalue weighted by atomic mass is 9.92. The fourth-order valence-corrected chi connectivity index (χ4v) is 2.97. The predicted molar refractivity (Wildman–Crippen MR) is 87.3 cm³/mol. The van der Waals surface area contributed by atoms with Crippen molar-refractivity contribution in [3.8, 4) is 0 Å². The molecule has 2 nitrogen and oxygen atoms in total. The molecule has 0 aliphatic heterocycles. The maximum absolute atomic E-state index is 5.99. The molecule has 0 fully saturated rings. The van der Waals surface area contributed by atoms with Gasteiger partial charge in [-0.1, -0.05) is 50.1 Å². The van der Waals surface area contributed by atoms with E-state index < -0.39 is 0 Å². The average molecular weight is 277 g/mol. The van der Waals surface area contributed by atoms with E-state index in [1.54, 1.807) is 0 Å². The number of nitrogens with one attached hydrogen (secondary N) is 1. The fourth-order valence-electron chi connectivity index (χ4n) is 2.97. The Morgan fingerprint density at radius 3 is 2.10 bits per heavy atom. The van der Waals surface area contributed by atoms with Crippen LogP contribution in [0.5, 0.6) is 0 Å². The van der Waals surface area contributed by atoms with Crippen LogP contribution in [0, 0.1) is 19.8 Å². The summed E-state index contributed by atoms with van der Waals surface area (Å²) in [6.07, 6.45) is 1.29. The Labute approximate surface area is 124 Å². The summed E-state index contributed by atoms with van der Waals surface area (Å²) in [6, 6.07) is 7.19. The Morgan fingerprint density at radius 1 is 1.05 bits per heavy atom. The third kappa shape index (κ3) is 5.26. The third-order valence-electron chi connectivity index (χ3n) is 3.62. The molecular formula is C18H31NO. The van der Waals surface area contributed by atoms with Crippen molar-refractivity contribution in [2.24, 2.45) is 5.92 Å². The predicted octanol–water partition coefficient (Wildman–Crippen LogP) is 3.89. The molecule has 114 valence electrons. The van der Waals surface area contributed by atoms with Gasteiger partial charge in [-0.2, -0.15) is 0 Å². The van der Waals surface area contributed by atoms with Crippen LogP contribution in [0.3, 0.4) is 0 Å². The molecule has 2 unspecified atom stereocenters. The lowest BCUT2D eigenvalue weighted by molar-refractivity contribution is 0.00395. The van der Waals surface area contributed by atoms with Crippen LogP contribution >= 0.6 is 0 Å². The first-order valence-corrected chi connectivity index (χ1v) is 7.90. The Bertz CT molecular complexity index is 380. The highest BCUT2D eigenvalue weighted by Gasteiger charge is 2.24. The number of benzene rings is 1. The van der Waals surface area contributed by atoms with Gasteiger partial charge in [-0.3, -0.25) is 0 Å². The van der Waals surface area contributed by atoms with Gasteiger partial charge in [0.2, 0.25) is 0 Å². The van der Waals surface area contributed by atoms with Crippen molar-refractivity contribution in [3.63, 3.8) is 0 Å². The number of aryl methyl sites for hydroxylation is 2. The molecule has 0 saturated carbocycles. The summed E-state index contributed by atoms with van der Waals surface area (Å²) < 4.78 is 5.99. The van der Waals surface area contributed by atoms with Gasteiger partial charge in [-0.25, -0.2) is 0 Å². The minimum absolute atomic E-state index is 0.265. The lowest BCUT2D eigenvalue weighted by Gasteiger charge is -2.31. The second kappa shape index (κ2) is 8.43. The summed E-state index contributed by atoms with van der Waals surface area (Å²) in [5.74, 6) is 0.518. The van der Waals surface area contributed by atoms with Gasteiger partial charge in [0.1, 0.15) is 0 Å². The number of rotatable bonds is 8. The van der Waals surface area contributed by atoms with Crippen molar-refractivity contribution in [1.82, 2.24) is 5.32 Å². The molecule has 0 spiro atoms. The summed E-state index contributed by atoms with van der Waals surface area (Å²) >= 11 is 0. The molecular weight excluding hydrogens is 246 g/mol. The monoisotopic (exact) mass is 277 g/mol. The molecule has 1 aromatic rings. The van der Waals surface area contributed by atoms with Crippen molar-refractivity contribution in [1.29, 1.82) is 0 Å². The highest BCUT2D eigenvalue weighted by Crippen LogP contribution is 2.17. The van der Waals surface area contributed by atoms with Gasteiger partial charge in [0.05, 0.1) is 6.10 Å². The molecule has 2 atom stereocenters. The maximum atomic E-state index is 5.99. The standard InChI is InChI=1S/C18H31NO/c1-7-19-17(18(13(3)4)20-8-2)12-16-10-14(5)9-15(6)11-16/h9-11,13,17-19H,7-8,12H2,1-6H3. The number of hydrogen-bond acceptors (Lipinski definition) is 2. The first-order valence-electron chi connectivity index (χ1n) is 7.90. The lowest BCUT2D eigenvalue weighted by Crippen LogP contribution is -2.45. The Kier molecular flexibility index (Phi) is 7.25. The van der Waals surface area contributed by atoms with Crippen LogP contribution in [0.25, 0.3) is 0 Å². The van der Waals surface area contributed by atoms with Gasteiger partial charge >= 0.3 is 0 Å². The number of likely N-dealkylation sites (N-methyl/N-ethyl adjacent to an activating group) is 1. The smallest absolute Gasteiger partial charge is 0.0753 e. The third-order valence-corrected chi connectivity index (χ3v) is 3.62. The summed E-state index contributed by atoms with van der Waals surface area (Å²) in [5, 5.41) is 3.61. The summed E-state index contributed by atoms with van der Waals surface area (Å²) in [4.78, 5) is 0. The highest BCUT2D eigenvalue weighted by atomic mass is 16.5. The molecule has 0 amide bonds. The molecule has 20 heavy (non-hydrogen) atoms. The molecule has 0 bridgehead atoms. The number of ether oxygens (including phenoxy) is 1. The topological polar surface area (TPSA) is 21.3 Å². The molecule has 0 aliphatic rings. The van der Waals surface area contributed by atoms with E-state index >= 15 is 0 Å². The van der Waals surface area contributed by atoms with Gasteiger partial charge < -0.3 is 10.1 Å². The van der Waals surface area contributed by atoms with Crippen LogP contribution in [0.15, 0.2) is 18.2 Å². The summed E-state index contributed by atoms with van der Waals surface area (Å²) in [5.41, 5.74) is 4.08. The van der Waals surface area contributed by atoms with Gasteiger partial charge in [0.15, 0.2) is 0 Å². The largest absolute Gasteiger partial charge is 0.377 e. The molecule has 1 rings (SSSR count). The van der Waals surface area contributed by atoms with E-state index in [0.29, 0.717) is 12.0 Å². The molecule has 0 saturated heterocycles. The molecule has 1 aromatic carbocycles. The van der Waals surface area contributed by atoms with Crippen LogP contribution in [0.4, 0.5) is 0 Å². The van der Waals surface area contributed by atoms with Crippen molar-refractivity contribution in [2.75, 3.05) is 13.2 Å². The highest BCUT2D eigenvalue weighted by molar-refractivity contribution is 5.29. The second-order valence-corrected chi connectivity index (χ2v) is 6.03. The van der Waals surface area contributed by atoms with E-state index in [2.05, 4.69) is 65.1 Å². The molecule has 2 heteroatoms. The molecule has 0 aliphatic carbocycles. The molecule has 0 aromatic heterocycles. The first-order chi connectivity index (χ1) is 9.47. The van der Waals surface area contributed by atoms with Crippen LogP contribution in [-0.4, -0.2) is 25.3 Å². The van der Waals surface area contributed by atoms with E-state index in [1.165, 1.54) is 16.7 Å². The Balaban J connectivity index is 2.89. The van der Waals surface area contributed by atoms with Crippen LogP contribution in [0.1, 0.15) is 44.4 Å². The average Bonchev–Trinajstić information content (AvgIpc) is 2.34. The Hall–Kier alpha value is -0.860. The zero-order chi connectivity index (χ0) is 15.1. The zero-order valence-corrected chi connectivity index (χ0v) is 14.0. The van der Waals surface area contributed by atoms with Crippen molar-refractivity contribution >= 4 is 0 Å². The SMILES string of the molecule is CCNC(Cc1cc(C)cc(C)c1)C(OCC)C(C)C. The zero-order valence-electron chi connectivity index (χ0n) is 14.0. The van der Waals surface area contributed by atoms with Crippen LogP contribution < -0.4 is 5.32 Å². The first kappa shape index (κ1) is 17.2. The second-order valence-electron chi connectivity index (χ2n) is 6.03. The van der Waals surface area contributed by atoms with E-state index in [9.17, 15) is 0 Å². The van der Waals surface area contributed by atoms with Crippen molar-refractivity contribution in [3.05, 3.63) is 34.9 Å². The van der Waals surface area contributed by atoms with E-state index in [1.807, 2.05) is 0 Å². The molecule has 0 heterocycles. The minimum Gasteiger partial charge on any atom is -0.377 e. The van der Waals surface area contributed by atoms with Crippen LogP contribution in [0.2, 0.25) is 0 Å². The van der Waals surface area contributed by atoms with Gasteiger partial charge in [0.25, 0.3) is 0 Å². The van der Waals surface area contributed by atoms with Gasteiger partial charge in [0, 0.05) is 12.6 Å². The van der Waals surface area contributed by atoms with Crippen molar-refractivity contribution < 1.29 is 4.74 Å². The van der Waals surface area contributed by atoms with Crippen molar-refractivity contribution in [2.45, 2.75) is 60.1 Å². The summed E-state index contributed by atoms with van der Waals surface area (Å²) in [6.45, 7) is 14.8. The molecule has 0 radical (unpaired) electrons. The van der Waals surface area contributed by atoms with E-state index in [0.717, 1.165) is 19.6 Å². The maximum Gasteiger partial charge on any atom is 0.0753 e. The van der Waals surface area contributed by atoms with Gasteiger partial charge in [-0.05, 0) is 45.2 Å².